The van der Waals surface area contributed by atoms with Crippen molar-refractivity contribution in [2.45, 2.75) is 38.7 Å². The summed E-state index contributed by atoms with van der Waals surface area (Å²) in [5.41, 5.74) is 1.91. The highest BCUT2D eigenvalue weighted by Gasteiger charge is 2.21. The number of carbonyl (C=O) groups is 1. The number of hydrogen-bond donors (Lipinski definition) is 2. The van der Waals surface area contributed by atoms with Crippen LogP contribution in [0.2, 0.25) is 0 Å². The van der Waals surface area contributed by atoms with Gasteiger partial charge in [-0.1, -0.05) is 55.7 Å². The summed E-state index contributed by atoms with van der Waals surface area (Å²) >= 11 is 5.28. The molecule has 0 heterocycles. The molecule has 2 N–H and O–H groups in total. The van der Waals surface area contributed by atoms with Crippen LogP contribution < -0.4 is 15.4 Å². The maximum Gasteiger partial charge on any atom is 0.229 e. The highest BCUT2D eigenvalue weighted by atomic mass is 32.1. The van der Waals surface area contributed by atoms with Crippen LogP contribution in [0.1, 0.15) is 37.7 Å². The number of thiocarbonyl (C=S) groups is 1. The lowest BCUT2D eigenvalue weighted by molar-refractivity contribution is -0.124. The molecule has 0 atom stereocenters. The van der Waals surface area contributed by atoms with Gasteiger partial charge in [0.1, 0.15) is 12.4 Å². The van der Waals surface area contributed by atoms with Crippen LogP contribution in [0, 0.1) is 5.92 Å². The smallest absolute Gasteiger partial charge is 0.229 e. The van der Waals surface area contributed by atoms with E-state index in [2.05, 4.69) is 10.6 Å². The highest BCUT2D eigenvalue weighted by Crippen LogP contribution is 2.24. The van der Waals surface area contributed by atoms with Gasteiger partial charge in [0.05, 0.1) is 0 Å². The van der Waals surface area contributed by atoms with Gasteiger partial charge in [-0.05, 0) is 42.8 Å². The summed E-state index contributed by atoms with van der Waals surface area (Å²) in [5.74, 6) is 0.864. The SMILES string of the molecule is O=C(NC(=S)Nc1cccc(OCc2ccccc2)c1)C1CCCCC1. The van der Waals surface area contributed by atoms with Crippen LogP contribution >= 0.6 is 12.2 Å². The first-order valence-electron chi connectivity index (χ1n) is 9.09. The predicted molar refractivity (Wildman–Crippen MR) is 108 cm³/mol. The van der Waals surface area contributed by atoms with Gasteiger partial charge < -0.3 is 15.4 Å². The minimum atomic E-state index is 0.0266. The van der Waals surface area contributed by atoms with Crippen LogP contribution in [-0.4, -0.2) is 11.0 Å². The number of nitrogens with one attached hydrogen (secondary N) is 2. The summed E-state index contributed by atoms with van der Waals surface area (Å²) in [7, 11) is 0. The maximum atomic E-state index is 12.3. The van der Waals surface area contributed by atoms with Gasteiger partial charge >= 0.3 is 0 Å². The highest BCUT2D eigenvalue weighted by molar-refractivity contribution is 7.80. The normalized spacial score (nSPS) is 14.5. The number of carbonyl (C=O) groups excluding carboxylic acids is 1. The Morgan fingerprint density at radius 1 is 1.04 bits per heavy atom. The van der Waals surface area contributed by atoms with Crippen molar-refractivity contribution >= 4 is 28.9 Å². The zero-order valence-corrected chi connectivity index (χ0v) is 15.6. The second-order valence-corrected chi connectivity index (χ2v) is 6.99. The van der Waals surface area contributed by atoms with Crippen molar-refractivity contribution in [1.29, 1.82) is 0 Å². The van der Waals surface area contributed by atoms with Crippen LogP contribution in [0.15, 0.2) is 54.6 Å². The third-order valence-electron chi connectivity index (χ3n) is 4.55. The van der Waals surface area contributed by atoms with E-state index >= 15 is 0 Å². The van der Waals surface area contributed by atoms with E-state index in [1.54, 1.807) is 0 Å². The largest absolute Gasteiger partial charge is 0.489 e. The molecule has 2 aromatic carbocycles. The lowest BCUT2D eigenvalue weighted by atomic mass is 9.89. The summed E-state index contributed by atoms with van der Waals surface area (Å²) in [6, 6.07) is 17.6. The van der Waals surface area contributed by atoms with Crippen molar-refractivity contribution in [3.8, 4) is 5.75 Å². The molecule has 0 aromatic heterocycles. The third-order valence-corrected chi connectivity index (χ3v) is 4.76. The molecule has 1 saturated carbocycles. The van der Waals surface area contributed by atoms with Gasteiger partial charge in [-0.25, -0.2) is 0 Å². The minimum Gasteiger partial charge on any atom is -0.489 e. The molecular weight excluding hydrogens is 344 g/mol. The second kappa shape index (κ2) is 9.34. The molecule has 0 bridgehead atoms. The third kappa shape index (κ3) is 5.56. The van der Waals surface area contributed by atoms with Crippen molar-refractivity contribution in [1.82, 2.24) is 5.32 Å². The van der Waals surface area contributed by atoms with Crippen LogP contribution in [0.5, 0.6) is 5.75 Å². The predicted octanol–water partition coefficient (Wildman–Crippen LogP) is 4.66. The molecule has 5 heteroatoms. The van der Waals surface area contributed by atoms with Crippen LogP contribution in [-0.2, 0) is 11.4 Å². The Balaban J connectivity index is 1.51. The quantitative estimate of drug-likeness (QED) is 0.754. The molecule has 26 heavy (non-hydrogen) atoms. The molecular formula is C21H24N2O2S. The number of ether oxygens (including phenoxy) is 1. The molecule has 1 fully saturated rings. The lowest BCUT2D eigenvalue weighted by Gasteiger charge is -2.21. The van der Waals surface area contributed by atoms with Crippen molar-refractivity contribution in [3.05, 3.63) is 60.2 Å². The molecule has 0 unspecified atom stereocenters. The topological polar surface area (TPSA) is 50.4 Å². The number of hydrogen-bond acceptors (Lipinski definition) is 3. The van der Waals surface area contributed by atoms with Gasteiger partial charge in [-0.3, -0.25) is 4.79 Å². The molecule has 3 rings (SSSR count). The van der Waals surface area contributed by atoms with Crippen LogP contribution in [0.4, 0.5) is 5.69 Å². The molecule has 0 spiro atoms. The summed E-state index contributed by atoms with van der Waals surface area (Å²) in [4.78, 5) is 12.3. The molecule has 2 aromatic rings. The molecule has 0 aliphatic heterocycles. The minimum absolute atomic E-state index is 0.0266. The fraction of sp³-hybridized carbons (Fsp3) is 0.333. The van der Waals surface area contributed by atoms with Gasteiger partial charge in [-0.15, -0.1) is 0 Å². The molecule has 1 aliphatic rings. The first kappa shape index (κ1) is 18.4. The fourth-order valence-corrected chi connectivity index (χ4v) is 3.36. The summed E-state index contributed by atoms with van der Waals surface area (Å²) < 4.78 is 5.82. The first-order valence-corrected chi connectivity index (χ1v) is 9.50. The Kier molecular flexibility index (Phi) is 6.61. The number of amides is 1. The summed E-state index contributed by atoms with van der Waals surface area (Å²) in [6.07, 6.45) is 5.38. The Labute approximate surface area is 160 Å². The van der Waals surface area contributed by atoms with E-state index in [1.165, 1.54) is 6.42 Å². The average Bonchev–Trinajstić information content (AvgIpc) is 2.68. The van der Waals surface area contributed by atoms with Gasteiger partial charge in [0.2, 0.25) is 5.91 Å². The number of rotatable bonds is 5. The monoisotopic (exact) mass is 368 g/mol. The van der Waals surface area contributed by atoms with Crippen molar-refractivity contribution < 1.29 is 9.53 Å². The molecule has 0 radical (unpaired) electrons. The number of anilines is 1. The first-order chi connectivity index (χ1) is 12.7. The van der Waals surface area contributed by atoms with Gasteiger partial charge in [0.25, 0.3) is 0 Å². The van der Waals surface area contributed by atoms with Gasteiger partial charge in [0, 0.05) is 17.7 Å². The molecule has 1 aliphatic carbocycles. The zero-order valence-electron chi connectivity index (χ0n) is 14.7. The zero-order chi connectivity index (χ0) is 18.2. The maximum absolute atomic E-state index is 12.3. The van der Waals surface area contributed by atoms with Crippen molar-refractivity contribution in [3.63, 3.8) is 0 Å². The van der Waals surface area contributed by atoms with E-state index in [-0.39, 0.29) is 11.8 Å². The van der Waals surface area contributed by atoms with E-state index in [4.69, 9.17) is 17.0 Å². The lowest BCUT2D eigenvalue weighted by Crippen LogP contribution is -2.38. The van der Waals surface area contributed by atoms with E-state index in [0.29, 0.717) is 11.7 Å². The molecule has 0 saturated heterocycles. The Bertz CT molecular complexity index is 743. The van der Waals surface area contributed by atoms with E-state index < -0.39 is 0 Å². The Morgan fingerprint density at radius 2 is 1.81 bits per heavy atom. The Hall–Kier alpha value is -2.40. The van der Waals surface area contributed by atoms with E-state index in [0.717, 1.165) is 42.7 Å². The van der Waals surface area contributed by atoms with Gasteiger partial charge in [-0.2, -0.15) is 0 Å². The summed E-state index contributed by atoms with van der Waals surface area (Å²) in [5, 5.41) is 6.22. The molecule has 136 valence electrons. The molecule has 1 amide bonds. The number of benzene rings is 2. The summed E-state index contributed by atoms with van der Waals surface area (Å²) in [6.45, 7) is 0.507. The Morgan fingerprint density at radius 3 is 2.58 bits per heavy atom. The van der Waals surface area contributed by atoms with E-state index in [9.17, 15) is 4.79 Å². The van der Waals surface area contributed by atoms with Crippen LogP contribution in [0.3, 0.4) is 0 Å². The fourth-order valence-electron chi connectivity index (χ4n) is 3.15. The average molecular weight is 369 g/mol. The van der Waals surface area contributed by atoms with Crippen molar-refractivity contribution in [2.24, 2.45) is 5.92 Å². The van der Waals surface area contributed by atoms with Gasteiger partial charge in [0.15, 0.2) is 5.11 Å². The van der Waals surface area contributed by atoms with Crippen molar-refractivity contribution in [2.75, 3.05) is 5.32 Å². The van der Waals surface area contributed by atoms with E-state index in [1.807, 2.05) is 54.6 Å². The molecule has 4 nitrogen and oxygen atoms in total. The standard InChI is InChI=1S/C21H24N2O2S/c24-20(17-10-5-2-6-11-17)23-21(26)22-18-12-7-13-19(14-18)25-15-16-8-3-1-4-9-16/h1,3-4,7-9,12-14,17H,2,5-6,10-11,15H2,(H2,22,23,24,26). The second-order valence-electron chi connectivity index (χ2n) is 6.58. The van der Waals surface area contributed by atoms with Crippen LogP contribution in [0.25, 0.3) is 0 Å².